The smallest absolute Gasteiger partial charge is 0.240 e. The van der Waals surface area contributed by atoms with Crippen molar-refractivity contribution in [1.82, 2.24) is 19.5 Å². The summed E-state index contributed by atoms with van der Waals surface area (Å²) in [6.45, 7) is 0. The molecule has 1 fully saturated rings. The van der Waals surface area contributed by atoms with Crippen molar-refractivity contribution in [2.24, 2.45) is 0 Å². The lowest BCUT2D eigenvalue weighted by Gasteiger charge is -2.30. The van der Waals surface area contributed by atoms with E-state index in [0.717, 1.165) is 36.8 Å². The van der Waals surface area contributed by atoms with E-state index >= 15 is 0 Å². The van der Waals surface area contributed by atoms with Gasteiger partial charge in [-0.25, -0.2) is 13.1 Å². The van der Waals surface area contributed by atoms with Crippen LogP contribution < -0.4 is 4.72 Å². The molecule has 1 aromatic heterocycles. The average molecular weight is 382 g/mol. The third-order valence-electron chi connectivity index (χ3n) is 5.10. The fourth-order valence-corrected chi connectivity index (χ4v) is 4.97. The van der Waals surface area contributed by atoms with Gasteiger partial charge in [0.15, 0.2) is 0 Å². The van der Waals surface area contributed by atoms with Crippen molar-refractivity contribution in [3.8, 4) is 11.1 Å². The number of rotatable bonds is 5. The van der Waals surface area contributed by atoms with Gasteiger partial charge < -0.3 is 4.57 Å². The number of benzene rings is 2. The van der Waals surface area contributed by atoms with Crippen molar-refractivity contribution >= 4 is 10.0 Å². The summed E-state index contributed by atoms with van der Waals surface area (Å²) < 4.78 is 30.4. The van der Waals surface area contributed by atoms with E-state index in [9.17, 15) is 8.42 Å². The normalized spacial score (nSPS) is 20.4. The van der Waals surface area contributed by atoms with Gasteiger partial charge in [-0.15, -0.1) is 10.2 Å². The van der Waals surface area contributed by atoms with Crippen molar-refractivity contribution < 1.29 is 8.42 Å². The molecule has 140 valence electrons. The lowest BCUT2D eigenvalue weighted by molar-refractivity contribution is 0.305. The lowest BCUT2D eigenvalue weighted by atomic mass is 9.91. The molecule has 0 bridgehead atoms. The Bertz CT molecular complexity index is 971. The highest BCUT2D eigenvalue weighted by molar-refractivity contribution is 7.89. The van der Waals surface area contributed by atoms with Gasteiger partial charge in [0.25, 0.3) is 0 Å². The first-order chi connectivity index (χ1) is 13.1. The fraction of sp³-hybridized carbons (Fsp3) is 0.300. The summed E-state index contributed by atoms with van der Waals surface area (Å²) in [5, 5.41) is 7.70. The second-order valence-corrected chi connectivity index (χ2v) is 8.65. The zero-order valence-corrected chi connectivity index (χ0v) is 15.7. The second kappa shape index (κ2) is 7.62. The molecule has 1 heterocycles. The van der Waals surface area contributed by atoms with Crippen LogP contribution in [-0.4, -0.2) is 29.2 Å². The molecule has 27 heavy (non-hydrogen) atoms. The standard InChI is InChI=1S/C20H22N4O2S/c25-27(26,20-11-9-17(10-12-20)16-5-2-1-3-6-16)23-18-7-4-8-19(13-18)24-14-21-22-15-24/h1-3,5-6,9-12,14-15,18-19,23H,4,7-8,13H2/t18-,19+/m0/s1. The van der Waals surface area contributed by atoms with E-state index in [1.165, 1.54) is 0 Å². The summed E-state index contributed by atoms with van der Waals surface area (Å²) in [4.78, 5) is 0.300. The summed E-state index contributed by atoms with van der Waals surface area (Å²) in [7, 11) is -3.54. The number of aromatic nitrogens is 3. The number of sulfonamides is 1. The molecule has 0 amide bonds. The van der Waals surface area contributed by atoms with Gasteiger partial charge in [0, 0.05) is 12.1 Å². The average Bonchev–Trinajstić information content (AvgIpc) is 3.24. The van der Waals surface area contributed by atoms with E-state index < -0.39 is 10.0 Å². The lowest BCUT2D eigenvalue weighted by Crippen LogP contribution is -2.38. The number of nitrogens with zero attached hydrogens (tertiary/aromatic N) is 3. The van der Waals surface area contributed by atoms with E-state index in [1.807, 2.05) is 47.0 Å². The molecule has 0 radical (unpaired) electrons. The van der Waals surface area contributed by atoms with Crippen LogP contribution in [0.15, 0.2) is 72.1 Å². The van der Waals surface area contributed by atoms with Gasteiger partial charge in [-0.1, -0.05) is 42.5 Å². The molecule has 1 aliphatic rings. The Kier molecular flexibility index (Phi) is 5.05. The highest BCUT2D eigenvalue weighted by Crippen LogP contribution is 2.29. The van der Waals surface area contributed by atoms with Crippen LogP contribution in [0.5, 0.6) is 0 Å². The van der Waals surface area contributed by atoms with Crippen LogP contribution >= 0.6 is 0 Å². The summed E-state index contributed by atoms with van der Waals surface area (Å²) in [6.07, 6.45) is 6.98. The van der Waals surface area contributed by atoms with Crippen molar-refractivity contribution in [3.63, 3.8) is 0 Å². The molecule has 1 aliphatic carbocycles. The first-order valence-electron chi connectivity index (χ1n) is 9.14. The molecule has 7 heteroatoms. The van der Waals surface area contributed by atoms with Crippen molar-refractivity contribution in [2.75, 3.05) is 0 Å². The monoisotopic (exact) mass is 382 g/mol. The maximum atomic E-state index is 12.8. The molecule has 3 aromatic rings. The zero-order valence-electron chi connectivity index (χ0n) is 14.9. The molecule has 6 nitrogen and oxygen atoms in total. The van der Waals surface area contributed by atoms with E-state index in [-0.39, 0.29) is 12.1 Å². The summed E-state index contributed by atoms with van der Waals surface area (Å²) >= 11 is 0. The molecule has 1 N–H and O–H groups in total. The van der Waals surface area contributed by atoms with Gasteiger partial charge in [0.2, 0.25) is 10.0 Å². The predicted octanol–water partition coefficient (Wildman–Crippen LogP) is 3.41. The van der Waals surface area contributed by atoms with Crippen LogP contribution in [0.3, 0.4) is 0 Å². The number of hydrogen-bond donors (Lipinski definition) is 1. The Labute approximate surface area is 159 Å². The van der Waals surface area contributed by atoms with Crippen LogP contribution in [-0.2, 0) is 10.0 Å². The molecule has 2 atom stereocenters. The number of hydrogen-bond acceptors (Lipinski definition) is 4. The van der Waals surface area contributed by atoms with Gasteiger partial charge in [-0.2, -0.15) is 0 Å². The molecule has 0 spiro atoms. The number of nitrogens with one attached hydrogen (secondary N) is 1. The largest absolute Gasteiger partial charge is 0.317 e. The Balaban J connectivity index is 1.47. The molecule has 0 aliphatic heterocycles. The minimum Gasteiger partial charge on any atom is -0.317 e. The third-order valence-corrected chi connectivity index (χ3v) is 6.63. The molecule has 0 saturated heterocycles. The first kappa shape index (κ1) is 17.9. The Hall–Kier alpha value is -2.51. The van der Waals surface area contributed by atoms with Gasteiger partial charge in [0.05, 0.1) is 4.90 Å². The van der Waals surface area contributed by atoms with Gasteiger partial charge in [-0.3, -0.25) is 0 Å². The van der Waals surface area contributed by atoms with Gasteiger partial charge in [-0.05, 0) is 48.9 Å². The molecular formula is C20H22N4O2S. The van der Waals surface area contributed by atoms with Gasteiger partial charge >= 0.3 is 0 Å². The summed E-state index contributed by atoms with van der Waals surface area (Å²) in [5.74, 6) is 0. The predicted molar refractivity (Wildman–Crippen MR) is 104 cm³/mol. The van der Waals surface area contributed by atoms with Crippen molar-refractivity contribution in [2.45, 2.75) is 42.7 Å². The summed E-state index contributed by atoms with van der Waals surface area (Å²) in [6, 6.07) is 17.1. The van der Waals surface area contributed by atoms with Crippen molar-refractivity contribution in [3.05, 3.63) is 67.3 Å². The van der Waals surface area contributed by atoms with Crippen LogP contribution in [0.2, 0.25) is 0 Å². The van der Waals surface area contributed by atoms with E-state index in [1.54, 1.807) is 24.8 Å². The van der Waals surface area contributed by atoms with Crippen LogP contribution in [0.4, 0.5) is 0 Å². The Morgan fingerprint density at radius 3 is 2.26 bits per heavy atom. The van der Waals surface area contributed by atoms with Crippen LogP contribution in [0, 0.1) is 0 Å². The minimum atomic E-state index is -3.54. The molecular weight excluding hydrogens is 360 g/mol. The van der Waals surface area contributed by atoms with Crippen LogP contribution in [0.25, 0.3) is 11.1 Å². The van der Waals surface area contributed by atoms with Gasteiger partial charge in [0.1, 0.15) is 12.7 Å². The maximum Gasteiger partial charge on any atom is 0.240 e. The minimum absolute atomic E-state index is 0.0788. The maximum absolute atomic E-state index is 12.8. The SMILES string of the molecule is O=S(=O)(N[C@H]1CCC[C@@H](n2cnnc2)C1)c1ccc(-c2ccccc2)cc1. The van der Waals surface area contributed by atoms with E-state index in [0.29, 0.717) is 4.90 Å². The highest BCUT2D eigenvalue weighted by atomic mass is 32.2. The van der Waals surface area contributed by atoms with E-state index in [4.69, 9.17) is 0 Å². The molecule has 1 saturated carbocycles. The summed E-state index contributed by atoms with van der Waals surface area (Å²) in [5.41, 5.74) is 2.07. The molecule has 0 unspecified atom stereocenters. The first-order valence-corrected chi connectivity index (χ1v) is 10.6. The second-order valence-electron chi connectivity index (χ2n) is 6.94. The molecule has 4 rings (SSSR count). The van der Waals surface area contributed by atoms with Crippen LogP contribution in [0.1, 0.15) is 31.7 Å². The molecule has 2 aromatic carbocycles. The highest BCUT2D eigenvalue weighted by Gasteiger charge is 2.27. The Morgan fingerprint density at radius 1 is 0.889 bits per heavy atom. The Morgan fingerprint density at radius 2 is 1.56 bits per heavy atom. The third kappa shape index (κ3) is 4.09. The van der Waals surface area contributed by atoms with Crippen molar-refractivity contribution in [1.29, 1.82) is 0 Å². The topological polar surface area (TPSA) is 76.9 Å². The quantitative estimate of drug-likeness (QED) is 0.734. The zero-order chi connectivity index (χ0) is 18.7. The fourth-order valence-electron chi connectivity index (χ4n) is 3.68. The van der Waals surface area contributed by atoms with E-state index in [2.05, 4.69) is 14.9 Å².